The minimum absolute atomic E-state index is 0.154. The number of benzene rings is 1. The molecule has 0 saturated carbocycles. The highest BCUT2D eigenvalue weighted by atomic mass is 19.1. The second-order valence-corrected chi connectivity index (χ2v) is 5.44. The van der Waals surface area contributed by atoms with E-state index in [0.717, 1.165) is 36.6 Å². The van der Waals surface area contributed by atoms with Crippen molar-refractivity contribution in [3.05, 3.63) is 59.3 Å². The number of hydrogen-bond donors (Lipinski definition) is 1. The van der Waals surface area contributed by atoms with Gasteiger partial charge in [0.15, 0.2) is 0 Å². The Bertz CT molecular complexity index is 567. The van der Waals surface area contributed by atoms with Crippen LogP contribution in [0.1, 0.15) is 29.5 Å². The molecular weight excluding hydrogens is 267 g/mol. The van der Waals surface area contributed by atoms with Crippen molar-refractivity contribution in [3.8, 4) is 0 Å². The molecule has 4 heteroatoms. The molecule has 21 heavy (non-hydrogen) atoms. The zero-order valence-corrected chi connectivity index (χ0v) is 12.9. The number of aryl methyl sites for hydroxylation is 1. The van der Waals surface area contributed by atoms with E-state index in [1.807, 2.05) is 32.2 Å². The van der Waals surface area contributed by atoms with Gasteiger partial charge in [-0.25, -0.2) is 4.39 Å². The molecule has 0 radical (unpaired) electrons. The molecule has 0 aliphatic rings. The Balaban J connectivity index is 1.87. The Morgan fingerprint density at radius 1 is 1.29 bits per heavy atom. The summed E-state index contributed by atoms with van der Waals surface area (Å²) in [4.78, 5) is 2.21. The van der Waals surface area contributed by atoms with Gasteiger partial charge in [-0.05, 0) is 57.3 Å². The minimum Gasteiger partial charge on any atom is -0.465 e. The molecule has 0 aliphatic carbocycles. The van der Waals surface area contributed by atoms with E-state index in [2.05, 4.69) is 17.3 Å². The summed E-state index contributed by atoms with van der Waals surface area (Å²) >= 11 is 0. The van der Waals surface area contributed by atoms with Crippen LogP contribution in [-0.4, -0.2) is 25.5 Å². The van der Waals surface area contributed by atoms with Crippen LogP contribution in [0.2, 0.25) is 0 Å². The number of nitrogens with zero attached hydrogens (tertiary/aromatic N) is 1. The summed E-state index contributed by atoms with van der Waals surface area (Å²) in [7, 11) is 3.97. The summed E-state index contributed by atoms with van der Waals surface area (Å²) in [5.41, 5.74) is 0.986. The predicted octanol–water partition coefficient (Wildman–Crippen LogP) is 3.51. The number of hydrogen-bond acceptors (Lipinski definition) is 3. The number of furan rings is 1. The number of halogens is 1. The fourth-order valence-electron chi connectivity index (χ4n) is 2.47. The highest BCUT2D eigenvalue weighted by Gasteiger charge is 2.12. The lowest BCUT2D eigenvalue weighted by molar-refractivity contribution is 0.276. The second kappa shape index (κ2) is 7.38. The van der Waals surface area contributed by atoms with E-state index >= 15 is 0 Å². The molecule has 1 atom stereocenters. The summed E-state index contributed by atoms with van der Waals surface area (Å²) in [6.07, 6.45) is 0.913. The highest BCUT2D eigenvalue weighted by molar-refractivity contribution is 5.20. The van der Waals surface area contributed by atoms with Gasteiger partial charge in [0.2, 0.25) is 0 Å². The number of rotatable bonds is 7. The summed E-state index contributed by atoms with van der Waals surface area (Å²) in [6, 6.07) is 10.9. The molecule has 0 aliphatic heterocycles. The summed E-state index contributed by atoms with van der Waals surface area (Å²) < 4.78 is 18.9. The van der Waals surface area contributed by atoms with Crippen LogP contribution in [0.25, 0.3) is 0 Å². The molecule has 0 bridgehead atoms. The molecule has 1 aromatic heterocycles. The maximum Gasteiger partial charge on any atom is 0.123 e. The van der Waals surface area contributed by atoms with Crippen molar-refractivity contribution >= 4 is 0 Å². The molecule has 1 aromatic carbocycles. The fourth-order valence-corrected chi connectivity index (χ4v) is 2.47. The lowest BCUT2D eigenvalue weighted by atomic mass is 10.0. The first-order valence-electron chi connectivity index (χ1n) is 7.25. The topological polar surface area (TPSA) is 28.4 Å². The third kappa shape index (κ3) is 4.69. The van der Waals surface area contributed by atoms with Crippen molar-refractivity contribution in [1.29, 1.82) is 0 Å². The predicted molar refractivity (Wildman–Crippen MR) is 82.6 cm³/mol. The summed E-state index contributed by atoms with van der Waals surface area (Å²) in [6.45, 7) is 3.64. The lowest BCUT2D eigenvalue weighted by Gasteiger charge is -2.21. The maximum absolute atomic E-state index is 13.3. The largest absolute Gasteiger partial charge is 0.465 e. The zero-order valence-electron chi connectivity index (χ0n) is 12.9. The van der Waals surface area contributed by atoms with Gasteiger partial charge in [0.05, 0.1) is 6.54 Å². The Labute approximate surface area is 125 Å². The Morgan fingerprint density at radius 3 is 2.71 bits per heavy atom. The van der Waals surface area contributed by atoms with Crippen LogP contribution < -0.4 is 5.32 Å². The molecular formula is C17H23FN2O. The SMILES string of the molecule is CNC(CCN(C)Cc1ccc(C)o1)c1cccc(F)c1. The molecule has 0 saturated heterocycles. The van der Waals surface area contributed by atoms with Crippen molar-refractivity contribution in [1.82, 2.24) is 10.2 Å². The van der Waals surface area contributed by atoms with Gasteiger partial charge >= 0.3 is 0 Å². The Kier molecular flexibility index (Phi) is 5.53. The Hall–Kier alpha value is -1.65. The van der Waals surface area contributed by atoms with Crippen molar-refractivity contribution in [3.63, 3.8) is 0 Å². The standard InChI is InChI=1S/C17H23FN2O/c1-13-7-8-16(21-13)12-20(3)10-9-17(19-2)14-5-4-6-15(18)11-14/h4-8,11,17,19H,9-10,12H2,1-3H3. The highest BCUT2D eigenvalue weighted by Crippen LogP contribution is 2.18. The third-order valence-electron chi connectivity index (χ3n) is 3.62. The van der Waals surface area contributed by atoms with Crippen LogP contribution in [-0.2, 0) is 6.54 Å². The smallest absolute Gasteiger partial charge is 0.123 e. The zero-order chi connectivity index (χ0) is 15.2. The lowest BCUT2D eigenvalue weighted by Crippen LogP contribution is -2.25. The van der Waals surface area contributed by atoms with E-state index < -0.39 is 0 Å². The van der Waals surface area contributed by atoms with Crippen molar-refractivity contribution in [2.75, 3.05) is 20.6 Å². The van der Waals surface area contributed by atoms with Crippen LogP contribution in [0.4, 0.5) is 4.39 Å². The van der Waals surface area contributed by atoms with Gasteiger partial charge in [-0.1, -0.05) is 12.1 Å². The van der Waals surface area contributed by atoms with E-state index in [-0.39, 0.29) is 11.9 Å². The van der Waals surface area contributed by atoms with Gasteiger partial charge < -0.3 is 9.73 Å². The first-order valence-corrected chi connectivity index (χ1v) is 7.25. The molecule has 3 nitrogen and oxygen atoms in total. The van der Waals surface area contributed by atoms with Crippen LogP contribution >= 0.6 is 0 Å². The van der Waals surface area contributed by atoms with Crippen LogP contribution in [0.15, 0.2) is 40.8 Å². The molecule has 0 amide bonds. The minimum atomic E-state index is -0.188. The quantitative estimate of drug-likeness (QED) is 0.846. The van der Waals surface area contributed by atoms with Crippen LogP contribution in [0.3, 0.4) is 0 Å². The summed E-state index contributed by atoms with van der Waals surface area (Å²) in [5.74, 6) is 1.72. The molecule has 1 unspecified atom stereocenters. The molecule has 1 heterocycles. The first-order chi connectivity index (χ1) is 10.1. The van der Waals surface area contributed by atoms with Crippen molar-refractivity contribution < 1.29 is 8.81 Å². The fraction of sp³-hybridized carbons (Fsp3) is 0.412. The average Bonchev–Trinajstić information content (AvgIpc) is 2.85. The normalized spacial score (nSPS) is 12.8. The van der Waals surface area contributed by atoms with E-state index in [1.54, 1.807) is 12.1 Å². The molecule has 2 aromatic rings. The Morgan fingerprint density at radius 2 is 2.10 bits per heavy atom. The van der Waals surface area contributed by atoms with Crippen molar-refractivity contribution in [2.45, 2.75) is 25.9 Å². The van der Waals surface area contributed by atoms with E-state index in [9.17, 15) is 4.39 Å². The summed E-state index contributed by atoms with van der Waals surface area (Å²) in [5, 5.41) is 3.25. The molecule has 2 rings (SSSR count). The van der Waals surface area contributed by atoms with Crippen molar-refractivity contribution in [2.24, 2.45) is 0 Å². The average molecular weight is 290 g/mol. The van der Waals surface area contributed by atoms with E-state index in [0.29, 0.717) is 0 Å². The molecule has 114 valence electrons. The van der Waals surface area contributed by atoms with Gasteiger partial charge in [-0.2, -0.15) is 0 Å². The molecule has 0 fully saturated rings. The molecule has 0 spiro atoms. The number of nitrogens with one attached hydrogen (secondary N) is 1. The van der Waals surface area contributed by atoms with E-state index in [4.69, 9.17) is 4.42 Å². The third-order valence-corrected chi connectivity index (χ3v) is 3.62. The van der Waals surface area contributed by atoms with Gasteiger partial charge in [-0.3, -0.25) is 4.90 Å². The van der Waals surface area contributed by atoms with E-state index in [1.165, 1.54) is 6.07 Å². The van der Waals surface area contributed by atoms with Gasteiger partial charge in [0.1, 0.15) is 17.3 Å². The maximum atomic E-state index is 13.3. The second-order valence-electron chi connectivity index (χ2n) is 5.44. The first kappa shape index (κ1) is 15.7. The van der Waals surface area contributed by atoms with Gasteiger partial charge in [0.25, 0.3) is 0 Å². The van der Waals surface area contributed by atoms with Crippen LogP contribution in [0, 0.1) is 12.7 Å². The van der Waals surface area contributed by atoms with Gasteiger partial charge in [0, 0.05) is 12.6 Å². The molecule has 1 N–H and O–H groups in total. The monoisotopic (exact) mass is 290 g/mol. The van der Waals surface area contributed by atoms with Gasteiger partial charge in [-0.15, -0.1) is 0 Å². The van der Waals surface area contributed by atoms with Crippen LogP contribution in [0.5, 0.6) is 0 Å².